The third-order valence-electron chi connectivity index (χ3n) is 3.80. The van der Waals surface area contributed by atoms with Gasteiger partial charge in [0.05, 0.1) is 0 Å². The van der Waals surface area contributed by atoms with Crippen molar-refractivity contribution in [2.45, 2.75) is 90.8 Å². The van der Waals surface area contributed by atoms with Crippen LogP contribution in [0.5, 0.6) is 0 Å². The van der Waals surface area contributed by atoms with Crippen molar-refractivity contribution in [2.24, 2.45) is 0 Å². The summed E-state index contributed by atoms with van der Waals surface area (Å²) in [5, 5.41) is 0. The van der Waals surface area contributed by atoms with Crippen molar-refractivity contribution >= 4 is 8.32 Å². The standard InChI is InChI=1S/C12H27OSi.C3H7O.2H2O.Zr/c1-4-7-10-14(13,11-8-5-2)12-9-6-3;1-2-3-4;;;/h4-12H2,1-3H3;2-3H2,1H3;2*1H2;/q2*-1;;;+4/p-2. The van der Waals surface area contributed by atoms with Gasteiger partial charge in [-0.25, -0.2) is 0 Å². The SMILES string of the molecule is CCCC[Si](CCCC)(CCCC)[O][Zr]([OH])([OH])[O]CCC. The molecule has 0 heterocycles. The molecule has 0 radical (unpaired) electrons. The Labute approximate surface area is 139 Å². The Bertz CT molecular complexity index is 230. The summed E-state index contributed by atoms with van der Waals surface area (Å²) in [6.07, 6.45) is 7.54. The van der Waals surface area contributed by atoms with Crippen LogP contribution in [0.15, 0.2) is 0 Å². The fourth-order valence-electron chi connectivity index (χ4n) is 2.57. The van der Waals surface area contributed by atoms with Crippen LogP contribution < -0.4 is 0 Å². The van der Waals surface area contributed by atoms with Gasteiger partial charge in [-0.15, -0.1) is 0 Å². The van der Waals surface area contributed by atoms with Gasteiger partial charge in [0.2, 0.25) is 0 Å². The molecule has 6 heteroatoms. The van der Waals surface area contributed by atoms with Gasteiger partial charge in [-0.2, -0.15) is 0 Å². The first-order valence-corrected chi connectivity index (χ1v) is 15.5. The second-order valence-electron chi connectivity index (χ2n) is 5.99. The summed E-state index contributed by atoms with van der Waals surface area (Å²) in [5.74, 6) is 0. The summed E-state index contributed by atoms with van der Waals surface area (Å²) < 4.78 is 31.8. The zero-order chi connectivity index (χ0) is 16.2. The molecule has 0 aromatic rings. The van der Waals surface area contributed by atoms with E-state index in [2.05, 4.69) is 20.8 Å². The zero-order valence-electron chi connectivity index (χ0n) is 14.5. The van der Waals surface area contributed by atoms with Gasteiger partial charge in [0.15, 0.2) is 0 Å². The van der Waals surface area contributed by atoms with Gasteiger partial charge in [-0.1, -0.05) is 0 Å². The quantitative estimate of drug-likeness (QED) is 0.420. The van der Waals surface area contributed by atoms with Crippen molar-refractivity contribution in [2.75, 3.05) is 6.61 Å². The van der Waals surface area contributed by atoms with Crippen molar-refractivity contribution in [1.82, 2.24) is 0 Å². The van der Waals surface area contributed by atoms with Crippen LogP contribution in [0.2, 0.25) is 18.1 Å². The van der Waals surface area contributed by atoms with E-state index in [4.69, 9.17) is 5.32 Å². The molecule has 2 N–H and O–H groups in total. The monoisotopic (exact) mass is 398 g/mol. The van der Waals surface area contributed by atoms with Crippen LogP contribution in [0.25, 0.3) is 0 Å². The predicted molar refractivity (Wildman–Crippen MR) is 86.7 cm³/mol. The molecule has 0 spiro atoms. The van der Waals surface area contributed by atoms with E-state index in [1.54, 1.807) is 0 Å². The molecular formula is C15H36O4SiZr. The first-order chi connectivity index (χ1) is 9.95. The van der Waals surface area contributed by atoms with Crippen molar-refractivity contribution in [3.05, 3.63) is 0 Å². The zero-order valence-corrected chi connectivity index (χ0v) is 17.9. The fraction of sp³-hybridized carbons (Fsp3) is 1.00. The van der Waals surface area contributed by atoms with Crippen LogP contribution in [-0.4, -0.2) is 21.3 Å². The summed E-state index contributed by atoms with van der Waals surface area (Å²) in [5.41, 5.74) is 0. The van der Waals surface area contributed by atoms with E-state index >= 15 is 0 Å². The predicted octanol–water partition coefficient (Wildman–Crippen LogP) is 4.57. The van der Waals surface area contributed by atoms with E-state index < -0.39 is 30.3 Å². The number of rotatable bonds is 14. The Morgan fingerprint density at radius 2 is 1.19 bits per heavy atom. The van der Waals surface area contributed by atoms with Crippen molar-refractivity contribution < 1.29 is 33.7 Å². The van der Waals surface area contributed by atoms with Gasteiger partial charge in [0.1, 0.15) is 0 Å². The van der Waals surface area contributed by atoms with E-state index in [0.29, 0.717) is 6.61 Å². The Kier molecular flexibility index (Phi) is 12.9. The fourth-order valence-corrected chi connectivity index (χ4v) is 15.3. The van der Waals surface area contributed by atoms with Crippen molar-refractivity contribution in [3.63, 3.8) is 0 Å². The van der Waals surface area contributed by atoms with Gasteiger partial charge in [0, 0.05) is 0 Å². The second kappa shape index (κ2) is 12.4. The van der Waals surface area contributed by atoms with Gasteiger partial charge in [-0.3, -0.25) is 0 Å². The number of unbranched alkanes of at least 4 members (excludes halogenated alkanes) is 3. The maximum atomic E-state index is 10.2. The van der Waals surface area contributed by atoms with Crippen molar-refractivity contribution in [1.29, 1.82) is 0 Å². The van der Waals surface area contributed by atoms with E-state index in [1.165, 1.54) is 0 Å². The number of hydrogen-bond donors (Lipinski definition) is 2. The first kappa shape index (κ1) is 21.9. The van der Waals surface area contributed by atoms with Crippen LogP contribution >= 0.6 is 0 Å². The molecule has 0 aromatic carbocycles. The average molecular weight is 400 g/mol. The van der Waals surface area contributed by atoms with E-state index in [-0.39, 0.29) is 0 Å². The summed E-state index contributed by atoms with van der Waals surface area (Å²) in [4.78, 5) is 0. The van der Waals surface area contributed by atoms with Crippen LogP contribution in [0.1, 0.15) is 72.6 Å². The second-order valence-corrected chi connectivity index (χ2v) is 15.0. The van der Waals surface area contributed by atoms with Crippen LogP contribution in [0.3, 0.4) is 0 Å². The third-order valence-corrected chi connectivity index (χ3v) is 14.9. The summed E-state index contributed by atoms with van der Waals surface area (Å²) in [6.45, 7) is 8.91. The Morgan fingerprint density at radius 3 is 1.52 bits per heavy atom. The average Bonchev–Trinajstić information content (AvgIpc) is 2.46. The minimum absolute atomic E-state index is 0.392. The summed E-state index contributed by atoms with van der Waals surface area (Å²) >= 11 is -4.74. The van der Waals surface area contributed by atoms with Gasteiger partial charge >= 0.3 is 139 Å². The van der Waals surface area contributed by atoms with E-state index in [9.17, 15) is 6.37 Å². The van der Waals surface area contributed by atoms with Gasteiger partial charge in [-0.05, 0) is 0 Å². The first-order valence-electron chi connectivity index (χ1n) is 8.74. The Morgan fingerprint density at radius 1 is 0.762 bits per heavy atom. The third kappa shape index (κ3) is 10.4. The molecule has 0 rings (SSSR count). The van der Waals surface area contributed by atoms with Crippen LogP contribution in [0.4, 0.5) is 0 Å². The molecule has 0 fully saturated rings. The molecule has 0 amide bonds. The molecule has 0 atom stereocenters. The topological polar surface area (TPSA) is 58.9 Å². The van der Waals surface area contributed by atoms with Crippen LogP contribution in [-0.2, 0) is 27.3 Å². The summed E-state index contributed by atoms with van der Waals surface area (Å²) in [7, 11) is -2.08. The van der Waals surface area contributed by atoms with Gasteiger partial charge < -0.3 is 0 Å². The van der Waals surface area contributed by atoms with Gasteiger partial charge in [0.25, 0.3) is 0 Å². The van der Waals surface area contributed by atoms with E-state index in [0.717, 1.165) is 63.1 Å². The maximum absolute atomic E-state index is 10.2. The molecule has 0 bridgehead atoms. The number of hydrogen-bond acceptors (Lipinski definition) is 4. The Balaban J connectivity index is 4.91. The molecular weight excluding hydrogens is 363 g/mol. The van der Waals surface area contributed by atoms with Crippen LogP contribution in [0, 0.1) is 0 Å². The molecule has 0 aliphatic carbocycles. The molecule has 0 aromatic heterocycles. The minimum atomic E-state index is -4.74. The normalized spacial score (nSPS) is 12.9. The molecule has 0 unspecified atom stereocenters. The van der Waals surface area contributed by atoms with Crippen molar-refractivity contribution in [3.8, 4) is 0 Å². The molecule has 0 saturated carbocycles. The molecule has 0 aliphatic heterocycles. The molecule has 4 nitrogen and oxygen atoms in total. The summed E-state index contributed by atoms with van der Waals surface area (Å²) in [6, 6.07) is 3.12. The molecule has 128 valence electrons. The Hall–Kier alpha value is 0.940. The van der Waals surface area contributed by atoms with E-state index in [1.807, 2.05) is 6.92 Å². The molecule has 0 aliphatic rings. The molecule has 21 heavy (non-hydrogen) atoms. The molecule has 0 saturated heterocycles.